The minimum absolute atomic E-state index is 0.131. The number of benzene rings is 2. The van der Waals surface area contributed by atoms with E-state index in [4.69, 9.17) is 16.3 Å². The Balaban J connectivity index is 1.61. The number of carbonyl (C=O) groups excluding carboxylic acids is 1. The molecule has 0 fully saturated rings. The van der Waals surface area contributed by atoms with E-state index < -0.39 is 6.09 Å². The van der Waals surface area contributed by atoms with Gasteiger partial charge in [-0.05, 0) is 54.6 Å². The lowest BCUT2D eigenvalue weighted by Crippen LogP contribution is -2.13. The van der Waals surface area contributed by atoms with Crippen LogP contribution in [0.4, 0.5) is 10.5 Å². The highest BCUT2D eigenvalue weighted by atomic mass is 79.9. The first-order chi connectivity index (χ1) is 12.6. The predicted octanol–water partition coefficient (Wildman–Crippen LogP) is 6.40. The highest BCUT2D eigenvalue weighted by molar-refractivity contribution is 9.10. The zero-order valence-electron chi connectivity index (χ0n) is 13.5. The van der Waals surface area contributed by atoms with Gasteiger partial charge in [-0.2, -0.15) is 0 Å². The summed E-state index contributed by atoms with van der Waals surface area (Å²) < 4.78 is 6.33. The van der Waals surface area contributed by atoms with Crippen LogP contribution in [0, 0.1) is 0 Å². The number of aromatic nitrogens is 1. The fourth-order valence-corrected chi connectivity index (χ4v) is 3.33. The van der Waals surface area contributed by atoms with Crippen molar-refractivity contribution in [3.05, 3.63) is 81.9 Å². The standard InChI is InChI=1S/C19H14BrClN2O2S/c20-14-3-9-17(10-4-14)26-18-13(2-1-11-22-18)12-25-19(24)23-16-7-5-15(21)6-8-16/h1-11H,12H2,(H,23,24). The number of nitrogens with zero attached hydrogens (tertiary/aromatic N) is 1. The van der Waals surface area contributed by atoms with Crippen LogP contribution in [0.2, 0.25) is 5.02 Å². The number of anilines is 1. The molecule has 0 spiro atoms. The van der Waals surface area contributed by atoms with Gasteiger partial charge in [-0.25, -0.2) is 9.78 Å². The molecule has 3 aromatic rings. The summed E-state index contributed by atoms with van der Waals surface area (Å²) in [5.41, 5.74) is 1.46. The molecule has 4 nitrogen and oxygen atoms in total. The van der Waals surface area contributed by atoms with Gasteiger partial charge in [-0.3, -0.25) is 5.32 Å². The number of pyridine rings is 1. The lowest BCUT2D eigenvalue weighted by Gasteiger charge is -2.10. The molecule has 1 amide bonds. The monoisotopic (exact) mass is 448 g/mol. The molecular formula is C19H14BrClN2O2S. The quantitative estimate of drug-likeness (QED) is 0.490. The van der Waals surface area contributed by atoms with Crippen LogP contribution < -0.4 is 5.32 Å². The van der Waals surface area contributed by atoms with Gasteiger partial charge in [-0.1, -0.05) is 45.4 Å². The van der Waals surface area contributed by atoms with Crippen molar-refractivity contribution in [1.82, 2.24) is 4.98 Å². The number of carbonyl (C=O) groups is 1. The van der Waals surface area contributed by atoms with Crippen LogP contribution >= 0.6 is 39.3 Å². The van der Waals surface area contributed by atoms with E-state index >= 15 is 0 Å². The molecular weight excluding hydrogens is 436 g/mol. The topological polar surface area (TPSA) is 51.2 Å². The van der Waals surface area contributed by atoms with Gasteiger partial charge in [0.1, 0.15) is 11.6 Å². The van der Waals surface area contributed by atoms with E-state index in [1.165, 1.54) is 11.8 Å². The average Bonchev–Trinajstić information content (AvgIpc) is 2.65. The van der Waals surface area contributed by atoms with Gasteiger partial charge in [0.2, 0.25) is 0 Å². The molecule has 132 valence electrons. The van der Waals surface area contributed by atoms with E-state index in [2.05, 4.69) is 26.2 Å². The molecule has 0 aliphatic heterocycles. The van der Waals surface area contributed by atoms with Crippen LogP contribution in [0.1, 0.15) is 5.56 Å². The van der Waals surface area contributed by atoms with Gasteiger partial charge in [0.25, 0.3) is 0 Å². The van der Waals surface area contributed by atoms with E-state index in [0.29, 0.717) is 10.7 Å². The summed E-state index contributed by atoms with van der Waals surface area (Å²) >= 11 is 10.8. The Morgan fingerprint density at radius 1 is 1.12 bits per heavy atom. The van der Waals surface area contributed by atoms with E-state index in [-0.39, 0.29) is 6.61 Å². The summed E-state index contributed by atoms with van der Waals surface area (Å²) in [5.74, 6) is 0. The molecule has 26 heavy (non-hydrogen) atoms. The van der Waals surface area contributed by atoms with Crippen molar-refractivity contribution in [3.63, 3.8) is 0 Å². The molecule has 0 saturated heterocycles. The zero-order chi connectivity index (χ0) is 18.4. The van der Waals surface area contributed by atoms with Crippen molar-refractivity contribution in [2.45, 2.75) is 16.5 Å². The van der Waals surface area contributed by atoms with Crippen molar-refractivity contribution in [1.29, 1.82) is 0 Å². The van der Waals surface area contributed by atoms with E-state index in [0.717, 1.165) is 20.0 Å². The second kappa shape index (κ2) is 9.07. The highest BCUT2D eigenvalue weighted by Crippen LogP contribution is 2.30. The molecule has 1 heterocycles. The van der Waals surface area contributed by atoms with Crippen LogP contribution in [0.15, 0.2) is 81.3 Å². The second-order valence-corrected chi connectivity index (χ2v) is 7.65. The van der Waals surface area contributed by atoms with Crippen LogP contribution in [-0.4, -0.2) is 11.1 Å². The van der Waals surface area contributed by atoms with E-state index in [1.54, 1.807) is 30.5 Å². The van der Waals surface area contributed by atoms with Gasteiger partial charge in [-0.15, -0.1) is 0 Å². The summed E-state index contributed by atoms with van der Waals surface area (Å²) in [6, 6.07) is 18.5. The van der Waals surface area contributed by atoms with Crippen molar-refractivity contribution in [2.75, 3.05) is 5.32 Å². The summed E-state index contributed by atoms with van der Waals surface area (Å²) in [6.07, 6.45) is 1.19. The summed E-state index contributed by atoms with van der Waals surface area (Å²) in [4.78, 5) is 17.4. The molecule has 0 unspecified atom stereocenters. The molecule has 0 aliphatic carbocycles. The third-order valence-electron chi connectivity index (χ3n) is 3.33. The minimum Gasteiger partial charge on any atom is -0.444 e. The Labute approximate surface area is 169 Å². The fourth-order valence-electron chi connectivity index (χ4n) is 2.07. The lowest BCUT2D eigenvalue weighted by molar-refractivity contribution is 0.154. The maximum absolute atomic E-state index is 12.0. The molecule has 1 N–H and O–H groups in total. The Kier molecular flexibility index (Phi) is 6.55. The van der Waals surface area contributed by atoms with Gasteiger partial charge in [0.05, 0.1) is 0 Å². The molecule has 7 heteroatoms. The SMILES string of the molecule is O=C(Nc1ccc(Cl)cc1)OCc1cccnc1Sc1ccc(Br)cc1. The molecule has 0 saturated carbocycles. The van der Waals surface area contributed by atoms with Gasteiger partial charge >= 0.3 is 6.09 Å². The van der Waals surface area contributed by atoms with Crippen LogP contribution in [0.5, 0.6) is 0 Å². The largest absolute Gasteiger partial charge is 0.444 e. The molecule has 1 aromatic heterocycles. The Bertz CT molecular complexity index is 889. The van der Waals surface area contributed by atoms with Gasteiger partial charge in [0.15, 0.2) is 0 Å². The third-order valence-corrected chi connectivity index (χ3v) is 5.18. The van der Waals surface area contributed by atoms with Gasteiger partial charge in [0, 0.05) is 31.8 Å². The van der Waals surface area contributed by atoms with Crippen LogP contribution in [0.25, 0.3) is 0 Å². The fraction of sp³-hybridized carbons (Fsp3) is 0.0526. The molecule has 2 aromatic carbocycles. The Hall–Kier alpha value is -2.02. The number of hydrogen-bond acceptors (Lipinski definition) is 4. The van der Waals surface area contributed by atoms with Crippen molar-refractivity contribution in [2.24, 2.45) is 0 Å². The number of rotatable bonds is 5. The van der Waals surface area contributed by atoms with E-state index in [1.807, 2.05) is 36.4 Å². The van der Waals surface area contributed by atoms with E-state index in [9.17, 15) is 4.79 Å². The number of halogens is 2. The zero-order valence-corrected chi connectivity index (χ0v) is 16.6. The third kappa shape index (κ3) is 5.49. The first-order valence-electron chi connectivity index (χ1n) is 7.67. The molecule has 3 rings (SSSR count). The first kappa shape index (κ1) is 18.8. The summed E-state index contributed by atoms with van der Waals surface area (Å²) in [5, 5.41) is 4.07. The highest BCUT2D eigenvalue weighted by Gasteiger charge is 2.09. The lowest BCUT2D eigenvalue weighted by atomic mass is 10.3. The van der Waals surface area contributed by atoms with Gasteiger partial charge < -0.3 is 4.74 Å². The minimum atomic E-state index is -0.532. The number of hydrogen-bond donors (Lipinski definition) is 1. The second-order valence-electron chi connectivity index (χ2n) is 5.23. The predicted molar refractivity (Wildman–Crippen MR) is 108 cm³/mol. The number of amides is 1. The molecule has 0 aliphatic rings. The number of ether oxygens (including phenoxy) is 1. The smallest absolute Gasteiger partial charge is 0.411 e. The molecule has 0 atom stereocenters. The maximum atomic E-state index is 12.0. The maximum Gasteiger partial charge on any atom is 0.411 e. The summed E-state index contributed by atoms with van der Waals surface area (Å²) in [7, 11) is 0. The first-order valence-corrected chi connectivity index (χ1v) is 9.65. The Morgan fingerprint density at radius 2 is 1.85 bits per heavy atom. The summed E-state index contributed by atoms with van der Waals surface area (Å²) in [6.45, 7) is 0.131. The molecule has 0 radical (unpaired) electrons. The Morgan fingerprint density at radius 3 is 2.58 bits per heavy atom. The van der Waals surface area contributed by atoms with Crippen LogP contribution in [-0.2, 0) is 11.3 Å². The van der Waals surface area contributed by atoms with Crippen molar-refractivity contribution in [3.8, 4) is 0 Å². The van der Waals surface area contributed by atoms with Crippen LogP contribution in [0.3, 0.4) is 0 Å². The average molecular weight is 450 g/mol. The number of nitrogens with one attached hydrogen (secondary N) is 1. The van der Waals surface area contributed by atoms with Crippen molar-refractivity contribution >= 4 is 51.1 Å². The molecule has 0 bridgehead atoms. The normalized spacial score (nSPS) is 10.4. The van der Waals surface area contributed by atoms with Crippen molar-refractivity contribution < 1.29 is 9.53 Å².